The van der Waals surface area contributed by atoms with E-state index in [1.54, 1.807) is 11.8 Å². The molecule has 0 aromatic carbocycles. The van der Waals surface area contributed by atoms with Crippen LogP contribution in [0, 0.1) is 10.8 Å². The average molecular weight is 315 g/mol. The van der Waals surface area contributed by atoms with Crippen LogP contribution in [0.25, 0.3) is 0 Å². The first-order chi connectivity index (χ1) is 9.87. The lowest BCUT2D eigenvalue weighted by atomic mass is 9.58. The molecule has 122 valence electrons. The summed E-state index contributed by atoms with van der Waals surface area (Å²) in [7, 11) is 0. The van der Waals surface area contributed by atoms with Gasteiger partial charge in [-0.05, 0) is 26.0 Å². The van der Waals surface area contributed by atoms with Crippen LogP contribution in [-0.4, -0.2) is 59.8 Å². The van der Waals surface area contributed by atoms with E-state index in [-0.39, 0.29) is 28.9 Å². The number of aliphatic hydroxyl groups excluding tert-OH is 1. The molecule has 0 aromatic heterocycles. The molecule has 4 nitrogen and oxygen atoms in total. The second-order valence-corrected chi connectivity index (χ2v) is 7.90. The Labute approximate surface area is 132 Å². The molecule has 1 spiro atoms. The zero-order valence-electron chi connectivity index (χ0n) is 13.7. The van der Waals surface area contributed by atoms with E-state index in [1.807, 2.05) is 31.9 Å². The highest BCUT2D eigenvalue weighted by Crippen LogP contribution is 2.51. The zero-order chi connectivity index (χ0) is 15.7. The van der Waals surface area contributed by atoms with Gasteiger partial charge >= 0.3 is 0 Å². The van der Waals surface area contributed by atoms with E-state index >= 15 is 0 Å². The zero-order valence-corrected chi connectivity index (χ0v) is 14.5. The van der Waals surface area contributed by atoms with Crippen LogP contribution in [-0.2, 0) is 9.53 Å². The number of nitrogens with zero attached hydrogens (tertiary/aromatic N) is 1. The fraction of sp³-hybridized carbons (Fsp3) is 0.938. The Kier molecular flexibility index (Phi) is 5.27. The summed E-state index contributed by atoms with van der Waals surface area (Å²) in [5.41, 5.74) is -0.405. The molecule has 2 fully saturated rings. The number of rotatable bonds is 5. The molecule has 21 heavy (non-hydrogen) atoms. The molecular weight excluding hydrogens is 286 g/mol. The van der Waals surface area contributed by atoms with E-state index in [0.717, 1.165) is 38.1 Å². The van der Waals surface area contributed by atoms with Gasteiger partial charge in [0.05, 0.1) is 17.6 Å². The second kappa shape index (κ2) is 6.47. The first kappa shape index (κ1) is 17.1. The normalized spacial score (nSPS) is 28.5. The van der Waals surface area contributed by atoms with Gasteiger partial charge in [-0.25, -0.2) is 0 Å². The highest BCUT2D eigenvalue weighted by molar-refractivity contribution is 7.98. The number of aliphatic hydroxyl groups is 1. The number of thioether (sulfide) groups is 1. The fourth-order valence-electron chi connectivity index (χ4n) is 3.79. The summed E-state index contributed by atoms with van der Waals surface area (Å²) in [5, 5.41) is 10.2. The van der Waals surface area contributed by atoms with Crippen molar-refractivity contribution in [2.75, 3.05) is 31.7 Å². The van der Waals surface area contributed by atoms with Crippen LogP contribution in [0.3, 0.4) is 0 Å². The van der Waals surface area contributed by atoms with E-state index in [2.05, 4.69) is 0 Å². The molecule has 1 aliphatic carbocycles. The molecule has 1 amide bonds. The second-order valence-electron chi connectivity index (χ2n) is 7.04. The Bertz CT molecular complexity index is 376. The Morgan fingerprint density at radius 3 is 2.52 bits per heavy atom. The summed E-state index contributed by atoms with van der Waals surface area (Å²) in [6.07, 6.45) is 4.43. The molecule has 1 saturated heterocycles. The average Bonchev–Trinajstić information content (AvgIpc) is 2.46. The van der Waals surface area contributed by atoms with Crippen LogP contribution in [0.15, 0.2) is 0 Å². The van der Waals surface area contributed by atoms with E-state index in [0.29, 0.717) is 6.61 Å². The minimum atomic E-state index is -0.304. The maximum Gasteiger partial charge on any atom is 0.229 e. The van der Waals surface area contributed by atoms with Crippen molar-refractivity contribution in [2.24, 2.45) is 10.8 Å². The molecule has 2 rings (SSSR count). The maximum atomic E-state index is 12.6. The molecule has 2 aliphatic rings. The number of likely N-dealkylation sites (tertiary alicyclic amines) is 1. The van der Waals surface area contributed by atoms with Crippen LogP contribution in [0.1, 0.15) is 40.0 Å². The summed E-state index contributed by atoms with van der Waals surface area (Å²) in [5.74, 6) is 1.09. The van der Waals surface area contributed by atoms with Crippen molar-refractivity contribution in [3.8, 4) is 0 Å². The molecule has 0 aromatic rings. The van der Waals surface area contributed by atoms with Crippen molar-refractivity contribution in [2.45, 2.75) is 52.2 Å². The van der Waals surface area contributed by atoms with Crippen LogP contribution >= 0.6 is 11.8 Å². The fourth-order valence-corrected chi connectivity index (χ4v) is 4.64. The third kappa shape index (κ3) is 3.10. The number of hydrogen-bond acceptors (Lipinski definition) is 4. The molecule has 1 saturated carbocycles. The van der Waals surface area contributed by atoms with Gasteiger partial charge in [-0.15, -0.1) is 0 Å². The SMILES string of the molecule is CCO[C@H]1C[C@@H](O)C12CCN(C(=O)C(C)(C)CSC)CC2. The standard InChI is InChI=1S/C16H29NO3S/c1-5-20-13-10-12(18)16(13)6-8-17(9-7-16)14(19)15(2,3)11-21-4/h12-13,18H,5-11H2,1-4H3/t12-,13+/m1/s1. The van der Waals surface area contributed by atoms with Gasteiger partial charge in [0.25, 0.3) is 0 Å². The lowest BCUT2D eigenvalue weighted by Crippen LogP contribution is -2.63. The largest absolute Gasteiger partial charge is 0.392 e. The van der Waals surface area contributed by atoms with Gasteiger partial charge in [0, 0.05) is 37.3 Å². The molecule has 2 atom stereocenters. The van der Waals surface area contributed by atoms with E-state index in [1.165, 1.54) is 0 Å². The van der Waals surface area contributed by atoms with Crippen molar-refractivity contribution in [1.82, 2.24) is 4.90 Å². The highest BCUT2D eigenvalue weighted by atomic mass is 32.2. The first-order valence-electron chi connectivity index (χ1n) is 7.95. The van der Waals surface area contributed by atoms with Gasteiger partial charge in [0.1, 0.15) is 0 Å². The summed E-state index contributed by atoms with van der Waals surface area (Å²) in [4.78, 5) is 14.6. The van der Waals surface area contributed by atoms with Gasteiger partial charge < -0.3 is 14.7 Å². The molecule has 0 unspecified atom stereocenters. The topological polar surface area (TPSA) is 49.8 Å². The number of hydrogen-bond donors (Lipinski definition) is 1. The van der Waals surface area contributed by atoms with Gasteiger partial charge in [0.2, 0.25) is 5.91 Å². The van der Waals surface area contributed by atoms with Gasteiger partial charge in [-0.1, -0.05) is 13.8 Å². The molecule has 1 aliphatic heterocycles. The highest BCUT2D eigenvalue weighted by Gasteiger charge is 2.56. The quantitative estimate of drug-likeness (QED) is 0.844. The van der Waals surface area contributed by atoms with Crippen LogP contribution < -0.4 is 0 Å². The third-order valence-electron chi connectivity index (χ3n) is 5.18. The lowest BCUT2D eigenvalue weighted by molar-refractivity contribution is -0.210. The number of carbonyl (C=O) groups excluding carboxylic acids is 1. The molecular formula is C16H29NO3S. The Balaban J connectivity index is 1.95. The van der Waals surface area contributed by atoms with Gasteiger partial charge in [0.15, 0.2) is 0 Å². The Morgan fingerprint density at radius 1 is 1.43 bits per heavy atom. The summed E-state index contributed by atoms with van der Waals surface area (Å²) < 4.78 is 5.78. The van der Waals surface area contributed by atoms with Crippen LogP contribution in [0.4, 0.5) is 0 Å². The summed E-state index contributed by atoms with van der Waals surface area (Å²) in [6, 6.07) is 0. The minimum Gasteiger partial charge on any atom is -0.392 e. The van der Waals surface area contributed by atoms with Crippen molar-refractivity contribution in [3.63, 3.8) is 0 Å². The van der Waals surface area contributed by atoms with Crippen molar-refractivity contribution >= 4 is 17.7 Å². The maximum absolute atomic E-state index is 12.6. The Hall–Kier alpha value is -0.260. The number of piperidine rings is 1. The van der Waals surface area contributed by atoms with Crippen LogP contribution in [0.5, 0.6) is 0 Å². The molecule has 1 N–H and O–H groups in total. The lowest BCUT2D eigenvalue weighted by Gasteiger charge is -2.57. The monoisotopic (exact) mass is 315 g/mol. The summed E-state index contributed by atoms with van der Waals surface area (Å²) >= 11 is 1.72. The minimum absolute atomic E-state index is 0.101. The number of ether oxygens (including phenoxy) is 1. The molecule has 1 heterocycles. The summed E-state index contributed by atoms with van der Waals surface area (Å²) in [6.45, 7) is 8.24. The van der Waals surface area contributed by atoms with E-state index in [4.69, 9.17) is 4.74 Å². The number of carbonyl (C=O) groups is 1. The first-order valence-corrected chi connectivity index (χ1v) is 9.35. The Morgan fingerprint density at radius 2 is 2.05 bits per heavy atom. The predicted octanol–water partition coefficient (Wildman–Crippen LogP) is 2.15. The smallest absolute Gasteiger partial charge is 0.229 e. The van der Waals surface area contributed by atoms with Crippen molar-refractivity contribution < 1.29 is 14.6 Å². The van der Waals surface area contributed by atoms with Gasteiger partial charge in [-0.2, -0.15) is 11.8 Å². The van der Waals surface area contributed by atoms with E-state index in [9.17, 15) is 9.90 Å². The van der Waals surface area contributed by atoms with Crippen molar-refractivity contribution in [3.05, 3.63) is 0 Å². The number of amides is 1. The molecule has 0 radical (unpaired) electrons. The predicted molar refractivity (Wildman–Crippen MR) is 86.4 cm³/mol. The third-order valence-corrected chi connectivity index (χ3v) is 6.19. The van der Waals surface area contributed by atoms with Gasteiger partial charge in [-0.3, -0.25) is 4.79 Å². The van der Waals surface area contributed by atoms with E-state index < -0.39 is 0 Å². The van der Waals surface area contributed by atoms with Crippen LogP contribution in [0.2, 0.25) is 0 Å². The molecule has 0 bridgehead atoms. The molecule has 5 heteroatoms. The van der Waals surface area contributed by atoms with Crippen molar-refractivity contribution in [1.29, 1.82) is 0 Å².